The van der Waals surface area contributed by atoms with E-state index >= 15 is 0 Å². The molecule has 1 saturated carbocycles. The fourth-order valence-electron chi connectivity index (χ4n) is 1.93. The van der Waals surface area contributed by atoms with Crippen molar-refractivity contribution in [3.05, 3.63) is 0 Å². The van der Waals surface area contributed by atoms with E-state index in [-0.39, 0.29) is 11.9 Å². The molecule has 0 aromatic carbocycles. The van der Waals surface area contributed by atoms with Crippen LogP contribution in [0.25, 0.3) is 0 Å². The van der Waals surface area contributed by atoms with Gasteiger partial charge in [-0.05, 0) is 24.6 Å². The summed E-state index contributed by atoms with van der Waals surface area (Å²) in [7, 11) is 0. The van der Waals surface area contributed by atoms with Gasteiger partial charge in [-0.1, -0.05) is 19.3 Å². The van der Waals surface area contributed by atoms with Crippen LogP contribution in [-0.2, 0) is 14.3 Å². The molecule has 0 heterocycles. The highest BCUT2D eigenvalue weighted by atomic mass is 32.2. The van der Waals surface area contributed by atoms with Gasteiger partial charge in [0.25, 0.3) is 0 Å². The van der Waals surface area contributed by atoms with Gasteiger partial charge in [-0.15, -0.1) is 0 Å². The Bertz CT molecular complexity index is 279. The predicted octanol–water partition coefficient (Wildman–Crippen LogP) is 2.28. The van der Waals surface area contributed by atoms with Gasteiger partial charge in [0.2, 0.25) is 6.29 Å². The molecular formula is C12H21NO4S. The van der Waals surface area contributed by atoms with Gasteiger partial charge < -0.3 is 15.2 Å². The van der Waals surface area contributed by atoms with E-state index in [4.69, 9.17) is 15.2 Å². The minimum Gasteiger partial charge on any atom is -0.425 e. The minimum atomic E-state index is -0.822. The lowest BCUT2D eigenvalue weighted by Crippen LogP contribution is -2.26. The van der Waals surface area contributed by atoms with Gasteiger partial charge in [0, 0.05) is 19.2 Å². The number of hydrogen-bond acceptors (Lipinski definition) is 6. The minimum absolute atomic E-state index is 0.0309. The molecule has 104 valence electrons. The van der Waals surface area contributed by atoms with E-state index in [9.17, 15) is 9.59 Å². The maximum absolute atomic E-state index is 11.8. The van der Waals surface area contributed by atoms with Crippen molar-refractivity contribution in [3.63, 3.8) is 0 Å². The van der Waals surface area contributed by atoms with Crippen molar-refractivity contribution in [2.45, 2.75) is 45.3 Å². The van der Waals surface area contributed by atoms with Gasteiger partial charge in [0.15, 0.2) is 0 Å². The van der Waals surface area contributed by atoms with Crippen molar-refractivity contribution in [2.24, 2.45) is 11.7 Å². The summed E-state index contributed by atoms with van der Waals surface area (Å²) in [4.78, 5) is 23.0. The van der Waals surface area contributed by atoms with Crippen molar-refractivity contribution in [1.82, 2.24) is 0 Å². The quantitative estimate of drug-likeness (QED) is 0.612. The SMILES string of the molecule is CC(OC(=O)SCCN)OC(=O)C1CCCCC1. The Hall–Kier alpha value is -0.750. The summed E-state index contributed by atoms with van der Waals surface area (Å²) < 4.78 is 10.1. The van der Waals surface area contributed by atoms with Crippen molar-refractivity contribution >= 4 is 23.0 Å². The second kappa shape index (κ2) is 8.37. The number of carbonyl (C=O) groups excluding carboxylic acids is 2. The summed E-state index contributed by atoms with van der Waals surface area (Å²) >= 11 is 0.990. The molecule has 0 radical (unpaired) electrons. The van der Waals surface area contributed by atoms with Crippen molar-refractivity contribution < 1.29 is 19.1 Å². The normalized spacial score (nSPS) is 18.1. The van der Waals surface area contributed by atoms with Gasteiger partial charge in [-0.3, -0.25) is 4.79 Å². The number of thioether (sulfide) groups is 1. The van der Waals surface area contributed by atoms with Gasteiger partial charge >= 0.3 is 11.3 Å². The van der Waals surface area contributed by atoms with Gasteiger partial charge in [-0.25, -0.2) is 4.79 Å². The smallest absolute Gasteiger partial charge is 0.370 e. The van der Waals surface area contributed by atoms with Crippen LogP contribution in [0.5, 0.6) is 0 Å². The van der Waals surface area contributed by atoms with Gasteiger partial charge in [0.05, 0.1) is 5.92 Å². The molecule has 6 heteroatoms. The molecule has 1 aliphatic carbocycles. The van der Waals surface area contributed by atoms with E-state index in [1.807, 2.05) is 0 Å². The summed E-state index contributed by atoms with van der Waals surface area (Å²) in [6.45, 7) is 1.97. The number of nitrogens with two attached hydrogens (primary N) is 1. The molecule has 0 bridgehead atoms. The number of rotatable bonds is 5. The third-order valence-electron chi connectivity index (χ3n) is 2.82. The lowest BCUT2D eigenvalue weighted by Gasteiger charge is -2.22. The molecule has 1 fully saturated rings. The summed E-state index contributed by atoms with van der Waals surface area (Å²) in [6, 6.07) is 0. The lowest BCUT2D eigenvalue weighted by molar-refractivity contribution is -0.169. The number of esters is 1. The zero-order valence-electron chi connectivity index (χ0n) is 10.7. The zero-order valence-corrected chi connectivity index (χ0v) is 11.5. The van der Waals surface area contributed by atoms with Gasteiger partial charge in [-0.2, -0.15) is 0 Å². The van der Waals surface area contributed by atoms with Crippen molar-refractivity contribution in [1.29, 1.82) is 0 Å². The van der Waals surface area contributed by atoms with E-state index in [2.05, 4.69) is 0 Å². The highest BCUT2D eigenvalue weighted by molar-refractivity contribution is 8.13. The first-order valence-corrected chi connectivity index (χ1v) is 7.36. The average molecular weight is 275 g/mol. The number of hydrogen-bond donors (Lipinski definition) is 1. The Kier molecular flexibility index (Phi) is 7.12. The van der Waals surface area contributed by atoms with Crippen LogP contribution in [0.4, 0.5) is 4.79 Å². The van der Waals surface area contributed by atoms with E-state index in [1.165, 1.54) is 6.42 Å². The third-order valence-corrected chi connectivity index (χ3v) is 3.59. The Morgan fingerprint density at radius 3 is 2.56 bits per heavy atom. The standard InChI is InChI=1S/C12H21NO4S/c1-9(17-12(15)18-8-7-13)16-11(14)10-5-3-2-4-6-10/h9-10H,2-8,13H2,1H3. The largest absolute Gasteiger partial charge is 0.425 e. The van der Waals surface area contributed by atoms with Crippen molar-refractivity contribution in [3.8, 4) is 0 Å². The van der Waals surface area contributed by atoms with Crippen LogP contribution in [0.1, 0.15) is 39.0 Å². The Labute approximate surface area is 112 Å². The topological polar surface area (TPSA) is 78.6 Å². The van der Waals surface area contributed by atoms with Crippen LogP contribution in [0.3, 0.4) is 0 Å². The molecule has 0 aromatic rings. The van der Waals surface area contributed by atoms with Crippen molar-refractivity contribution in [2.75, 3.05) is 12.3 Å². The second-order valence-corrected chi connectivity index (χ2v) is 5.37. The molecule has 5 nitrogen and oxygen atoms in total. The highest BCUT2D eigenvalue weighted by Crippen LogP contribution is 2.25. The molecule has 1 atom stereocenters. The fraction of sp³-hybridized carbons (Fsp3) is 0.833. The van der Waals surface area contributed by atoms with Crippen LogP contribution in [0.15, 0.2) is 0 Å². The van der Waals surface area contributed by atoms with E-state index in [1.54, 1.807) is 6.92 Å². The fourth-order valence-corrected chi connectivity index (χ4v) is 2.42. The maximum atomic E-state index is 11.8. The Morgan fingerprint density at radius 1 is 1.28 bits per heavy atom. The maximum Gasteiger partial charge on any atom is 0.370 e. The first kappa shape index (κ1) is 15.3. The molecule has 2 N–H and O–H groups in total. The van der Waals surface area contributed by atoms with E-state index in [0.717, 1.165) is 37.4 Å². The summed E-state index contributed by atoms with van der Waals surface area (Å²) in [6.07, 6.45) is 4.25. The van der Waals surface area contributed by atoms with Crippen LogP contribution in [-0.4, -0.2) is 29.9 Å². The molecule has 1 unspecified atom stereocenters. The van der Waals surface area contributed by atoms with Crippen LogP contribution in [0.2, 0.25) is 0 Å². The molecule has 0 aromatic heterocycles. The van der Waals surface area contributed by atoms with E-state index < -0.39 is 11.6 Å². The highest BCUT2D eigenvalue weighted by Gasteiger charge is 2.25. The number of carbonyl (C=O) groups is 2. The molecule has 0 saturated heterocycles. The molecule has 1 rings (SSSR count). The van der Waals surface area contributed by atoms with Gasteiger partial charge in [0.1, 0.15) is 0 Å². The monoisotopic (exact) mass is 275 g/mol. The van der Waals surface area contributed by atoms with E-state index in [0.29, 0.717) is 12.3 Å². The Morgan fingerprint density at radius 2 is 1.94 bits per heavy atom. The van der Waals surface area contributed by atoms with Crippen LogP contribution in [0, 0.1) is 5.92 Å². The second-order valence-electron chi connectivity index (χ2n) is 4.34. The lowest BCUT2D eigenvalue weighted by atomic mass is 9.89. The summed E-state index contributed by atoms with van der Waals surface area (Å²) in [5.74, 6) is 0.220. The summed E-state index contributed by atoms with van der Waals surface area (Å²) in [5, 5.41) is -0.454. The molecular weight excluding hydrogens is 254 g/mol. The van der Waals surface area contributed by atoms with Crippen LogP contribution < -0.4 is 5.73 Å². The molecule has 0 spiro atoms. The average Bonchev–Trinajstić information content (AvgIpc) is 2.37. The zero-order chi connectivity index (χ0) is 13.4. The summed E-state index contributed by atoms with van der Waals surface area (Å²) in [5.41, 5.74) is 5.27. The van der Waals surface area contributed by atoms with Crippen LogP contribution >= 0.6 is 11.8 Å². The molecule has 18 heavy (non-hydrogen) atoms. The first-order valence-electron chi connectivity index (χ1n) is 6.37. The third kappa shape index (κ3) is 5.73. The Balaban J connectivity index is 2.23. The predicted molar refractivity (Wildman–Crippen MR) is 70.1 cm³/mol. The molecule has 1 aliphatic rings. The number of ether oxygens (including phenoxy) is 2. The first-order chi connectivity index (χ1) is 8.63. The molecule has 0 aliphatic heterocycles. The molecule has 0 amide bonds.